The quantitative estimate of drug-likeness (QED) is 0.342. The van der Waals surface area contributed by atoms with Gasteiger partial charge in [-0.25, -0.2) is 4.98 Å². The lowest BCUT2D eigenvalue weighted by molar-refractivity contribution is 0.297. The van der Waals surface area contributed by atoms with Gasteiger partial charge in [0.2, 0.25) is 0 Å². The maximum atomic E-state index is 5.95. The van der Waals surface area contributed by atoms with Gasteiger partial charge in [-0.05, 0) is 48.4 Å². The molecule has 1 aromatic heterocycles. The smallest absolute Gasteiger partial charge is 0.161 e. The Labute approximate surface area is 183 Å². The molecule has 4 aromatic rings. The van der Waals surface area contributed by atoms with E-state index in [4.69, 9.17) is 9.47 Å². The number of imidazole rings is 1. The number of fused-ring (bicyclic) bond motifs is 1. The highest BCUT2D eigenvalue weighted by Crippen LogP contribution is 2.28. The van der Waals surface area contributed by atoms with E-state index in [1.807, 2.05) is 36.4 Å². The predicted molar refractivity (Wildman–Crippen MR) is 125 cm³/mol. The number of hydrogen-bond acceptors (Lipinski definition) is 4. The van der Waals surface area contributed by atoms with E-state index in [0.29, 0.717) is 6.61 Å². The molecular formula is C26H29N3O2. The second-order valence-corrected chi connectivity index (χ2v) is 7.55. The summed E-state index contributed by atoms with van der Waals surface area (Å²) in [7, 11) is 1.68. The van der Waals surface area contributed by atoms with Gasteiger partial charge in [-0.3, -0.25) is 0 Å². The molecule has 1 heterocycles. The van der Waals surface area contributed by atoms with E-state index in [2.05, 4.69) is 51.7 Å². The Hall–Kier alpha value is -3.31. The number of ether oxygens (including phenoxy) is 2. The zero-order chi connectivity index (χ0) is 21.3. The zero-order valence-corrected chi connectivity index (χ0v) is 17.9. The summed E-state index contributed by atoms with van der Waals surface area (Å²) in [4.78, 5) is 8.01. The molecule has 0 bridgehead atoms. The fourth-order valence-electron chi connectivity index (χ4n) is 3.60. The molecule has 0 unspecified atom stereocenters. The third-order valence-corrected chi connectivity index (χ3v) is 5.25. The van der Waals surface area contributed by atoms with E-state index in [0.717, 1.165) is 60.7 Å². The molecule has 0 aliphatic heterocycles. The van der Waals surface area contributed by atoms with E-state index in [1.165, 1.54) is 11.1 Å². The summed E-state index contributed by atoms with van der Waals surface area (Å²) < 4.78 is 11.5. The fourth-order valence-corrected chi connectivity index (χ4v) is 3.60. The molecule has 0 aliphatic carbocycles. The number of aryl methyl sites for hydroxylation is 1. The molecule has 2 N–H and O–H groups in total. The van der Waals surface area contributed by atoms with Crippen LogP contribution >= 0.6 is 0 Å². The number of rotatable bonds is 11. The molecule has 5 nitrogen and oxygen atoms in total. The molecule has 0 radical (unpaired) electrons. The monoisotopic (exact) mass is 415 g/mol. The molecule has 31 heavy (non-hydrogen) atoms. The van der Waals surface area contributed by atoms with E-state index >= 15 is 0 Å². The van der Waals surface area contributed by atoms with Crippen molar-refractivity contribution in [3.8, 4) is 11.5 Å². The van der Waals surface area contributed by atoms with Crippen molar-refractivity contribution in [3.63, 3.8) is 0 Å². The third kappa shape index (κ3) is 5.86. The van der Waals surface area contributed by atoms with Crippen LogP contribution in [0.15, 0.2) is 72.8 Å². The molecule has 0 saturated carbocycles. The molecule has 160 valence electrons. The normalized spacial score (nSPS) is 11.0. The fraction of sp³-hybridized carbons (Fsp3) is 0.269. The van der Waals surface area contributed by atoms with E-state index < -0.39 is 0 Å². The highest BCUT2D eigenvalue weighted by Gasteiger charge is 2.07. The van der Waals surface area contributed by atoms with E-state index in [1.54, 1.807) is 7.11 Å². The summed E-state index contributed by atoms with van der Waals surface area (Å²) >= 11 is 0. The number of hydrogen-bond donors (Lipinski definition) is 2. The number of aromatic amines is 1. The van der Waals surface area contributed by atoms with Crippen molar-refractivity contribution < 1.29 is 9.47 Å². The number of nitrogens with one attached hydrogen (secondary N) is 2. The summed E-state index contributed by atoms with van der Waals surface area (Å²) in [5.74, 6) is 2.60. The largest absolute Gasteiger partial charge is 0.493 e. The molecule has 0 atom stereocenters. The van der Waals surface area contributed by atoms with Gasteiger partial charge in [-0.15, -0.1) is 0 Å². The standard InChI is InChI=1S/C26H29N3O2/c1-30-25-18-21(13-14-24(25)31-17-15-20-8-3-2-4-9-20)19-27-16-7-12-26-28-22-10-5-6-11-23(22)29-26/h2-6,8-11,13-14,18,27H,7,12,15-17,19H2,1H3,(H,28,29). The van der Waals surface area contributed by atoms with Crippen LogP contribution in [0.1, 0.15) is 23.4 Å². The average molecular weight is 416 g/mol. The highest BCUT2D eigenvalue weighted by molar-refractivity contribution is 5.74. The van der Waals surface area contributed by atoms with E-state index in [-0.39, 0.29) is 0 Å². The Morgan fingerprint density at radius 1 is 0.871 bits per heavy atom. The number of aromatic nitrogens is 2. The van der Waals surface area contributed by atoms with Crippen LogP contribution in [0.2, 0.25) is 0 Å². The van der Waals surface area contributed by atoms with Gasteiger partial charge in [0.25, 0.3) is 0 Å². The van der Waals surface area contributed by atoms with Crippen molar-refractivity contribution >= 4 is 11.0 Å². The molecule has 0 spiro atoms. The third-order valence-electron chi connectivity index (χ3n) is 5.25. The summed E-state index contributed by atoms with van der Waals surface area (Å²) in [5.41, 5.74) is 4.58. The Bertz CT molecular complexity index is 1060. The van der Waals surface area contributed by atoms with Crippen LogP contribution in [-0.4, -0.2) is 30.2 Å². The lowest BCUT2D eigenvalue weighted by Crippen LogP contribution is -2.15. The first kappa shape index (κ1) is 20.9. The minimum atomic E-state index is 0.625. The maximum Gasteiger partial charge on any atom is 0.161 e. The highest BCUT2D eigenvalue weighted by atomic mass is 16.5. The lowest BCUT2D eigenvalue weighted by Gasteiger charge is -2.13. The maximum absolute atomic E-state index is 5.95. The van der Waals surface area contributed by atoms with Gasteiger partial charge in [0.05, 0.1) is 24.8 Å². The van der Waals surface area contributed by atoms with Crippen LogP contribution in [0.25, 0.3) is 11.0 Å². The molecule has 0 amide bonds. The minimum Gasteiger partial charge on any atom is -0.493 e. The summed E-state index contributed by atoms with van der Waals surface area (Å²) in [6, 6.07) is 24.6. The minimum absolute atomic E-state index is 0.625. The zero-order valence-electron chi connectivity index (χ0n) is 17.9. The summed E-state index contributed by atoms with van der Waals surface area (Å²) in [6.45, 7) is 2.34. The number of H-pyrrole nitrogens is 1. The SMILES string of the molecule is COc1cc(CNCCCc2nc3ccccc3[nH]2)ccc1OCCc1ccccc1. The van der Waals surface area contributed by atoms with Gasteiger partial charge >= 0.3 is 0 Å². The Morgan fingerprint density at radius 2 is 1.71 bits per heavy atom. The average Bonchev–Trinajstić information content (AvgIpc) is 3.23. The molecule has 3 aromatic carbocycles. The second-order valence-electron chi connectivity index (χ2n) is 7.55. The van der Waals surface area contributed by atoms with Gasteiger partial charge in [-0.2, -0.15) is 0 Å². The van der Waals surface area contributed by atoms with Crippen molar-refractivity contribution in [2.24, 2.45) is 0 Å². The topological polar surface area (TPSA) is 59.2 Å². The molecule has 5 heteroatoms. The lowest BCUT2D eigenvalue weighted by atomic mass is 10.1. The van der Waals surface area contributed by atoms with Crippen molar-refractivity contribution in [1.82, 2.24) is 15.3 Å². The molecule has 0 fully saturated rings. The van der Waals surface area contributed by atoms with Crippen molar-refractivity contribution in [1.29, 1.82) is 0 Å². The number of para-hydroxylation sites is 2. The Morgan fingerprint density at radius 3 is 2.55 bits per heavy atom. The van der Waals surface area contributed by atoms with Crippen molar-refractivity contribution in [2.75, 3.05) is 20.3 Å². The van der Waals surface area contributed by atoms with Gasteiger partial charge < -0.3 is 19.8 Å². The molecule has 0 aliphatic rings. The van der Waals surface area contributed by atoms with Crippen LogP contribution in [0, 0.1) is 0 Å². The first-order chi connectivity index (χ1) is 15.3. The van der Waals surface area contributed by atoms with Gasteiger partial charge in [0.15, 0.2) is 11.5 Å². The molecular weight excluding hydrogens is 386 g/mol. The number of benzene rings is 3. The Kier molecular flexibility index (Phi) is 7.19. The molecule has 4 rings (SSSR count). The van der Waals surface area contributed by atoms with Crippen LogP contribution < -0.4 is 14.8 Å². The van der Waals surface area contributed by atoms with E-state index in [9.17, 15) is 0 Å². The summed E-state index contributed by atoms with van der Waals surface area (Å²) in [5, 5.41) is 3.50. The van der Waals surface area contributed by atoms with Crippen LogP contribution in [-0.2, 0) is 19.4 Å². The van der Waals surface area contributed by atoms with Gasteiger partial charge in [-0.1, -0.05) is 48.5 Å². The van der Waals surface area contributed by atoms with Crippen LogP contribution in [0.5, 0.6) is 11.5 Å². The molecule has 0 saturated heterocycles. The van der Waals surface area contributed by atoms with Crippen molar-refractivity contribution in [3.05, 3.63) is 89.7 Å². The predicted octanol–water partition coefficient (Wildman–Crippen LogP) is 4.92. The van der Waals surface area contributed by atoms with Crippen LogP contribution in [0.3, 0.4) is 0 Å². The first-order valence-corrected chi connectivity index (χ1v) is 10.8. The van der Waals surface area contributed by atoms with Crippen LogP contribution in [0.4, 0.5) is 0 Å². The number of methoxy groups -OCH3 is 1. The second kappa shape index (κ2) is 10.6. The van der Waals surface area contributed by atoms with Crippen molar-refractivity contribution in [2.45, 2.75) is 25.8 Å². The Balaban J connectivity index is 1.21. The number of nitrogens with zero attached hydrogens (tertiary/aromatic N) is 1. The van der Waals surface area contributed by atoms with Gasteiger partial charge in [0.1, 0.15) is 5.82 Å². The first-order valence-electron chi connectivity index (χ1n) is 10.8. The summed E-state index contributed by atoms with van der Waals surface area (Å²) in [6.07, 6.45) is 2.83. The van der Waals surface area contributed by atoms with Gasteiger partial charge in [0, 0.05) is 19.4 Å².